The number of hydrogen-bond acceptors (Lipinski definition) is 5. The maximum atomic E-state index is 6.11. The molecule has 2 N–H and O–H groups in total. The van der Waals surface area contributed by atoms with Gasteiger partial charge in [0.05, 0.1) is 5.00 Å². The summed E-state index contributed by atoms with van der Waals surface area (Å²) in [5, 5.41) is 2.03. The number of nitrogen functional groups attached to an aromatic ring is 1. The van der Waals surface area contributed by atoms with Gasteiger partial charge in [0, 0.05) is 10.3 Å². The second-order valence-corrected chi connectivity index (χ2v) is 7.02. The molecule has 2 heterocycles. The van der Waals surface area contributed by atoms with Crippen LogP contribution in [0.2, 0.25) is 0 Å². The summed E-state index contributed by atoms with van der Waals surface area (Å²) in [5.74, 6) is 0.616. The van der Waals surface area contributed by atoms with Gasteiger partial charge in [-0.2, -0.15) is 0 Å². The van der Waals surface area contributed by atoms with Gasteiger partial charge in [-0.3, -0.25) is 0 Å². The highest BCUT2D eigenvalue weighted by atomic mass is 32.1. The third-order valence-corrected chi connectivity index (χ3v) is 5.36. The first-order chi connectivity index (χ1) is 7.66. The van der Waals surface area contributed by atoms with Gasteiger partial charge in [-0.1, -0.05) is 18.3 Å². The van der Waals surface area contributed by atoms with Crippen LogP contribution in [0.3, 0.4) is 0 Å². The lowest BCUT2D eigenvalue weighted by molar-refractivity contribution is 0.602. The smallest absolute Gasteiger partial charge is 0.183 e. The van der Waals surface area contributed by atoms with Crippen molar-refractivity contribution in [1.82, 2.24) is 4.98 Å². The van der Waals surface area contributed by atoms with Crippen molar-refractivity contribution in [3.05, 3.63) is 14.4 Å². The molecule has 3 rings (SSSR count). The monoisotopic (exact) mass is 268 g/mol. The van der Waals surface area contributed by atoms with E-state index in [1.165, 1.54) is 46.4 Å². The molecule has 0 aliphatic heterocycles. The van der Waals surface area contributed by atoms with Gasteiger partial charge in [-0.15, -0.1) is 11.3 Å². The topological polar surface area (TPSA) is 38.9 Å². The molecule has 0 unspecified atom stereocenters. The average Bonchev–Trinajstić information content (AvgIpc) is 2.56. The standard InChI is InChI=1S/C11H12N2S3/c1-5-3-2-4-6-7(5)8-9(12)16-11(14)13-10(8)15-6/h5H,2-4,12H2,1H3/t5-/m1/s1. The van der Waals surface area contributed by atoms with E-state index < -0.39 is 0 Å². The quantitative estimate of drug-likeness (QED) is 0.731. The molecule has 0 amide bonds. The van der Waals surface area contributed by atoms with E-state index in [2.05, 4.69) is 11.9 Å². The summed E-state index contributed by atoms with van der Waals surface area (Å²) in [6, 6.07) is 0. The van der Waals surface area contributed by atoms with Crippen LogP contribution in [0.25, 0.3) is 10.2 Å². The van der Waals surface area contributed by atoms with E-state index >= 15 is 0 Å². The summed E-state index contributed by atoms with van der Waals surface area (Å²) in [4.78, 5) is 6.96. The van der Waals surface area contributed by atoms with Crippen LogP contribution in [0, 0.1) is 3.95 Å². The van der Waals surface area contributed by atoms with E-state index in [-0.39, 0.29) is 0 Å². The molecule has 84 valence electrons. The van der Waals surface area contributed by atoms with E-state index in [0.29, 0.717) is 9.87 Å². The Hall–Kier alpha value is -0.520. The summed E-state index contributed by atoms with van der Waals surface area (Å²) in [7, 11) is 0. The fraction of sp³-hybridized carbons (Fsp3) is 0.455. The summed E-state index contributed by atoms with van der Waals surface area (Å²) in [5.41, 5.74) is 7.55. The number of aromatic nitrogens is 1. The van der Waals surface area contributed by atoms with Crippen molar-refractivity contribution in [3.63, 3.8) is 0 Å². The molecular formula is C11H12N2S3. The van der Waals surface area contributed by atoms with E-state index in [1.54, 1.807) is 11.3 Å². The Bertz CT molecular complexity index is 611. The summed E-state index contributed by atoms with van der Waals surface area (Å²) >= 11 is 8.34. The number of nitrogens with zero attached hydrogens (tertiary/aromatic N) is 1. The lowest BCUT2D eigenvalue weighted by Gasteiger charge is -2.18. The Morgan fingerprint density at radius 2 is 2.25 bits per heavy atom. The van der Waals surface area contributed by atoms with Crippen molar-refractivity contribution in [2.75, 3.05) is 5.73 Å². The minimum Gasteiger partial charge on any atom is -0.390 e. The van der Waals surface area contributed by atoms with Crippen LogP contribution in [0.15, 0.2) is 0 Å². The molecule has 1 atom stereocenters. The van der Waals surface area contributed by atoms with Gasteiger partial charge < -0.3 is 5.73 Å². The first kappa shape index (κ1) is 10.6. The second-order valence-electron chi connectivity index (χ2n) is 4.26. The zero-order chi connectivity index (χ0) is 11.3. The third kappa shape index (κ3) is 1.49. The second kappa shape index (κ2) is 3.75. The van der Waals surface area contributed by atoms with Crippen molar-refractivity contribution in [2.24, 2.45) is 0 Å². The fourth-order valence-corrected chi connectivity index (χ4v) is 4.99. The highest BCUT2D eigenvalue weighted by molar-refractivity contribution is 7.73. The van der Waals surface area contributed by atoms with Crippen molar-refractivity contribution >= 4 is 50.1 Å². The van der Waals surface area contributed by atoms with Gasteiger partial charge in [-0.25, -0.2) is 4.98 Å². The van der Waals surface area contributed by atoms with Crippen molar-refractivity contribution in [3.8, 4) is 0 Å². The first-order valence-electron chi connectivity index (χ1n) is 5.38. The van der Waals surface area contributed by atoms with E-state index in [9.17, 15) is 0 Å². The molecule has 0 bridgehead atoms. The molecule has 0 spiro atoms. The van der Waals surface area contributed by atoms with E-state index in [4.69, 9.17) is 18.0 Å². The van der Waals surface area contributed by atoms with E-state index in [0.717, 1.165) is 9.83 Å². The van der Waals surface area contributed by atoms with Gasteiger partial charge >= 0.3 is 0 Å². The Kier molecular flexibility index (Phi) is 2.49. The van der Waals surface area contributed by atoms with Crippen molar-refractivity contribution in [2.45, 2.75) is 32.1 Å². The molecule has 2 aromatic rings. The SMILES string of the molecule is C[C@@H]1CCCc2sc3nc(=S)sc(N)c3c21. The predicted octanol–water partition coefficient (Wildman–Crippen LogP) is 4.11. The van der Waals surface area contributed by atoms with Crippen LogP contribution in [0.4, 0.5) is 5.00 Å². The number of anilines is 1. The van der Waals surface area contributed by atoms with Gasteiger partial charge in [0.25, 0.3) is 0 Å². The Labute approximate surface area is 107 Å². The highest BCUT2D eigenvalue weighted by Gasteiger charge is 2.23. The molecule has 2 nitrogen and oxygen atoms in total. The van der Waals surface area contributed by atoms with Crippen molar-refractivity contribution < 1.29 is 0 Å². The van der Waals surface area contributed by atoms with Gasteiger partial charge in [0.2, 0.25) is 0 Å². The van der Waals surface area contributed by atoms with Gasteiger partial charge in [0.15, 0.2) is 3.95 Å². The Morgan fingerprint density at radius 1 is 1.44 bits per heavy atom. The zero-order valence-corrected chi connectivity index (χ0v) is 11.4. The fourth-order valence-electron chi connectivity index (χ4n) is 2.47. The molecule has 0 fully saturated rings. The minimum absolute atomic E-state index is 0.616. The molecule has 0 radical (unpaired) electrons. The molecule has 0 aromatic carbocycles. The molecule has 16 heavy (non-hydrogen) atoms. The summed E-state index contributed by atoms with van der Waals surface area (Å²) in [6.45, 7) is 2.29. The number of aryl methyl sites for hydroxylation is 1. The first-order valence-corrected chi connectivity index (χ1v) is 7.43. The number of hydrogen-bond donors (Lipinski definition) is 1. The lowest BCUT2D eigenvalue weighted by atomic mass is 9.88. The van der Waals surface area contributed by atoms with E-state index in [1.807, 2.05) is 0 Å². The largest absolute Gasteiger partial charge is 0.390 e. The molecule has 2 aromatic heterocycles. The molecule has 1 aliphatic rings. The van der Waals surface area contributed by atoms with Gasteiger partial charge in [0.1, 0.15) is 4.83 Å². The highest BCUT2D eigenvalue weighted by Crippen LogP contribution is 2.44. The molecule has 0 saturated heterocycles. The summed E-state index contributed by atoms with van der Waals surface area (Å²) < 4.78 is 0.649. The number of rotatable bonds is 0. The zero-order valence-electron chi connectivity index (χ0n) is 8.95. The van der Waals surface area contributed by atoms with Crippen molar-refractivity contribution in [1.29, 1.82) is 0 Å². The number of fused-ring (bicyclic) bond motifs is 3. The van der Waals surface area contributed by atoms with Gasteiger partial charge in [-0.05, 0) is 43.0 Å². The van der Waals surface area contributed by atoms with Crippen LogP contribution in [-0.4, -0.2) is 4.98 Å². The Balaban J connectivity index is 2.42. The van der Waals surface area contributed by atoms with Crippen LogP contribution in [0.5, 0.6) is 0 Å². The maximum absolute atomic E-state index is 6.11. The minimum atomic E-state index is 0.616. The summed E-state index contributed by atoms with van der Waals surface area (Å²) in [6.07, 6.45) is 3.72. The third-order valence-electron chi connectivity index (χ3n) is 3.17. The molecule has 5 heteroatoms. The van der Waals surface area contributed by atoms with Crippen LogP contribution in [-0.2, 0) is 6.42 Å². The molecule has 1 aliphatic carbocycles. The Morgan fingerprint density at radius 3 is 3.06 bits per heavy atom. The average molecular weight is 268 g/mol. The molecular weight excluding hydrogens is 256 g/mol. The van der Waals surface area contributed by atoms with Crippen LogP contribution in [0.1, 0.15) is 36.1 Å². The lowest BCUT2D eigenvalue weighted by Crippen LogP contribution is -2.04. The number of nitrogens with two attached hydrogens (primary N) is 1. The predicted molar refractivity (Wildman–Crippen MR) is 74.1 cm³/mol. The van der Waals surface area contributed by atoms with Crippen LogP contribution >= 0.6 is 34.9 Å². The van der Waals surface area contributed by atoms with Crippen LogP contribution < -0.4 is 5.73 Å². The maximum Gasteiger partial charge on any atom is 0.183 e. The molecule has 0 saturated carbocycles. The number of thiophene rings is 1. The normalized spacial score (nSPS) is 19.9.